The fraction of sp³-hybridized carbons (Fsp3) is 0.350. The van der Waals surface area contributed by atoms with Crippen LogP contribution >= 0.6 is 0 Å². The van der Waals surface area contributed by atoms with Crippen molar-refractivity contribution in [3.63, 3.8) is 0 Å². The van der Waals surface area contributed by atoms with Gasteiger partial charge in [0.05, 0.1) is 11.7 Å². The van der Waals surface area contributed by atoms with Crippen LogP contribution in [0.2, 0.25) is 0 Å². The van der Waals surface area contributed by atoms with E-state index in [1.54, 1.807) is 30.3 Å². The molecule has 0 spiro atoms. The summed E-state index contributed by atoms with van der Waals surface area (Å²) >= 11 is 0. The second-order valence-corrected chi connectivity index (χ2v) is 6.15. The van der Waals surface area contributed by atoms with E-state index in [4.69, 9.17) is 9.47 Å². The van der Waals surface area contributed by atoms with Crippen LogP contribution in [0.4, 0.5) is 14.5 Å². The lowest BCUT2D eigenvalue weighted by Crippen LogP contribution is -2.25. The van der Waals surface area contributed by atoms with Crippen molar-refractivity contribution in [2.24, 2.45) is 0 Å². The molecule has 1 fully saturated rings. The third-order valence-corrected chi connectivity index (χ3v) is 4.17. The molecule has 1 amide bonds. The topological polar surface area (TPSA) is 56.8 Å². The van der Waals surface area contributed by atoms with Gasteiger partial charge in [0, 0.05) is 12.3 Å². The number of para-hydroxylation sites is 1. The van der Waals surface area contributed by atoms with E-state index < -0.39 is 12.5 Å². The summed E-state index contributed by atoms with van der Waals surface area (Å²) in [6.07, 6.45) is 3.35. The molecule has 0 radical (unpaired) electrons. The van der Waals surface area contributed by atoms with Crippen LogP contribution in [0.5, 0.6) is 11.5 Å². The van der Waals surface area contributed by atoms with Crippen molar-refractivity contribution in [1.29, 1.82) is 0 Å². The summed E-state index contributed by atoms with van der Waals surface area (Å²) in [5, 5.41) is 2.66. The Morgan fingerprint density at radius 3 is 2.63 bits per heavy atom. The lowest BCUT2D eigenvalue weighted by atomic mass is 10.1. The fourth-order valence-electron chi connectivity index (χ4n) is 2.81. The number of amides is 1. The first-order valence-corrected chi connectivity index (χ1v) is 8.81. The Labute approximate surface area is 156 Å². The SMILES string of the molecule is O=C(Nc1ccc(OCC2CCCCO2)cc1)c1ccccc1OC(F)F. The number of anilines is 1. The number of rotatable bonds is 7. The highest BCUT2D eigenvalue weighted by Crippen LogP contribution is 2.23. The second-order valence-electron chi connectivity index (χ2n) is 6.15. The minimum absolute atomic E-state index is 0.0348. The molecule has 7 heteroatoms. The average Bonchev–Trinajstić information content (AvgIpc) is 2.68. The number of hydrogen-bond acceptors (Lipinski definition) is 4. The van der Waals surface area contributed by atoms with Gasteiger partial charge in [0.25, 0.3) is 5.91 Å². The third kappa shape index (κ3) is 5.65. The number of nitrogens with one attached hydrogen (secondary N) is 1. The van der Waals surface area contributed by atoms with Gasteiger partial charge < -0.3 is 19.5 Å². The van der Waals surface area contributed by atoms with Crippen LogP contribution in [0.15, 0.2) is 48.5 Å². The lowest BCUT2D eigenvalue weighted by molar-refractivity contribution is -0.0501. The molecule has 2 aromatic carbocycles. The largest absolute Gasteiger partial charge is 0.491 e. The predicted molar refractivity (Wildman–Crippen MR) is 96.6 cm³/mol. The van der Waals surface area contributed by atoms with Crippen LogP contribution in [0.1, 0.15) is 29.6 Å². The van der Waals surface area contributed by atoms with Gasteiger partial charge in [-0.25, -0.2) is 0 Å². The van der Waals surface area contributed by atoms with Crippen LogP contribution in [0.25, 0.3) is 0 Å². The summed E-state index contributed by atoms with van der Waals surface area (Å²) in [7, 11) is 0. The van der Waals surface area contributed by atoms with E-state index in [2.05, 4.69) is 10.1 Å². The molecule has 2 aromatic rings. The summed E-state index contributed by atoms with van der Waals surface area (Å²) in [6.45, 7) is -1.73. The zero-order valence-corrected chi connectivity index (χ0v) is 14.7. The minimum Gasteiger partial charge on any atom is -0.491 e. The molecule has 0 aliphatic carbocycles. The average molecular weight is 377 g/mol. The summed E-state index contributed by atoms with van der Waals surface area (Å²) in [4.78, 5) is 12.3. The Morgan fingerprint density at radius 1 is 1.15 bits per heavy atom. The molecule has 1 unspecified atom stereocenters. The molecule has 5 nitrogen and oxygen atoms in total. The quantitative estimate of drug-likeness (QED) is 0.773. The van der Waals surface area contributed by atoms with Crippen molar-refractivity contribution in [3.05, 3.63) is 54.1 Å². The Bertz CT molecular complexity index is 746. The summed E-state index contributed by atoms with van der Waals surface area (Å²) < 4.78 is 40.6. The van der Waals surface area contributed by atoms with Crippen LogP contribution in [0, 0.1) is 0 Å². The van der Waals surface area contributed by atoms with Crippen LogP contribution < -0.4 is 14.8 Å². The normalized spacial score (nSPS) is 16.8. The molecule has 0 aromatic heterocycles. The van der Waals surface area contributed by atoms with E-state index in [1.165, 1.54) is 18.2 Å². The molecule has 0 bridgehead atoms. The van der Waals surface area contributed by atoms with Crippen molar-refractivity contribution < 1.29 is 27.8 Å². The summed E-state index contributed by atoms with van der Waals surface area (Å²) in [5.41, 5.74) is 0.556. The van der Waals surface area contributed by atoms with Gasteiger partial charge in [-0.2, -0.15) is 8.78 Å². The maximum Gasteiger partial charge on any atom is 0.387 e. The molecular formula is C20H21F2NO4. The second kappa shape index (κ2) is 9.32. The van der Waals surface area contributed by atoms with Crippen molar-refractivity contribution in [2.75, 3.05) is 18.5 Å². The van der Waals surface area contributed by atoms with Crippen molar-refractivity contribution in [2.45, 2.75) is 32.0 Å². The number of carbonyl (C=O) groups excluding carboxylic acids is 1. The Hall–Kier alpha value is -2.67. The van der Waals surface area contributed by atoms with Crippen molar-refractivity contribution in [3.8, 4) is 11.5 Å². The maximum atomic E-state index is 12.5. The lowest BCUT2D eigenvalue weighted by Gasteiger charge is -2.22. The third-order valence-electron chi connectivity index (χ3n) is 4.17. The standard InChI is InChI=1S/C20H21F2NO4/c21-20(22)27-18-7-2-1-6-17(18)19(24)23-14-8-10-15(11-9-14)26-13-16-5-3-4-12-25-16/h1-2,6-11,16,20H,3-5,12-13H2,(H,23,24). The Kier molecular flexibility index (Phi) is 6.59. The van der Waals surface area contributed by atoms with Gasteiger partial charge in [-0.3, -0.25) is 4.79 Å². The van der Waals surface area contributed by atoms with Gasteiger partial charge in [-0.15, -0.1) is 0 Å². The van der Waals surface area contributed by atoms with Crippen LogP contribution in [-0.2, 0) is 4.74 Å². The number of ether oxygens (including phenoxy) is 3. The van der Waals surface area contributed by atoms with E-state index in [9.17, 15) is 13.6 Å². The molecule has 1 N–H and O–H groups in total. The highest BCUT2D eigenvalue weighted by atomic mass is 19.3. The first-order chi connectivity index (χ1) is 13.1. The minimum atomic E-state index is -3.00. The summed E-state index contributed by atoms with van der Waals surface area (Å²) in [6, 6.07) is 12.7. The van der Waals surface area contributed by atoms with Crippen LogP contribution in [0.3, 0.4) is 0 Å². The molecule has 1 saturated heterocycles. The number of benzene rings is 2. The molecule has 3 rings (SSSR count). The van der Waals surface area contributed by atoms with Gasteiger partial charge in [0.2, 0.25) is 0 Å². The van der Waals surface area contributed by atoms with E-state index in [0.717, 1.165) is 25.9 Å². The van der Waals surface area contributed by atoms with E-state index in [0.29, 0.717) is 18.0 Å². The molecule has 1 atom stereocenters. The van der Waals surface area contributed by atoms with E-state index >= 15 is 0 Å². The monoisotopic (exact) mass is 377 g/mol. The van der Waals surface area contributed by atoms with Gasteiger partial charge in [0.15, 0.2) is 0 Å². The number of carbonyl (C=O) groups is 1. The molecule has 1 heterocycles. The smallest absolute Gasteiger partial charge is 0.387 e. The van der Waals surface area contributed by atoms with E-state index in [-0.39, 0.29) is 17.4 Å². The van der Waals surface area contributed by atoms with Gasteiger partial charge in [-0.05, 0) is 55.7 Å². The molecule has 1 aliphatic heterocycles. The highest BCUT2D eigenvalue weighted by molar-refractivity contribution is 6.06. The van der Waals surface area contributed by atoms with E-state index in [1.807, 2.05) is 0 Å². The maximum absolute atomic E-state index is 12.5. The van der Waals surface area contributed by atoms with Gasteiger partial charge in [0.1, 0.15) is 18.1 Å². The first-order valence-electron chi connectivity index (χ1n) is 8.81. The molecule has 0 saturated carbocycles. The fourth-order valence-corrected chi connectivity index (χ4v) is 2.81. The van der Waals surface area contributed by atoms with Crippen molar-refractivity contribution >= 4 is 11.6 Å². The van der Waals surface area contributed by atoms with Gasteiger partial charge >= 0.3 is 6.61 Å². The first kappa shape index (κ1) is 19.1. The van der Waals surface area contributed by atoms with Crippen LogP contribution in [-0.4, -0.2) is 31.8 Å². The predicted octanol–water partition coefficient (Wildman–Crippen LogP) is 4.49. The summed E-state index contributed by atoms with van der Waals surface area (Å²) in [5.74, 6) is -0.0310. The zero-order chi connectivity index (χ0) is 19.1. The Morgan fingerprint density at radius 2 is 1.93 bits per heavy atom. The zero-order valence-electron chi connectivity index (χ0n) is 14.7. The molecular weight excluding hydrogens is 356 g/mol. The highest BCUT2D eigenvalue weighted by Gasteiger charge is 2.16. The van der Waals surface area contributed by atoms with Crippen molar-refractivity contribution in [1.82, 2.24) is 0 Å². The number of hydrogen-bond donors (Lipinski definition) is 1. The number of halogens is 2. The molecule has 144 valence electrons. The molecule has 1 aliphatic rings. The Balaban J connectivity index is 1.57. The number of alkyl halides is 2. The molecule has 27 heavy (non-hydrogen) atoms. The van der Waals surface area contributed by atoms with Gasteiger partial charge in [-0.1, -0.05) is 12.1 Å².